The van der Waals surface area contributed by atoms with Crippen LogP contribution >= 0.6 is 11.6 Å². The quantitative estimate of drug-likeness (QED) is 0.855. The number of piperidine rings is 1. The minimum absolute atomic E-state index is 0.0457. The molecule has 1 unspecified atom stereocenters. The van der Waals surface area contributed by atoms with Crippen LogP contribution in [0, 0.1) is 5.92 Å². The summed E-state index contributed by atoms with van der Waals surface area (Å²) in [6.07, 6.45) is 3.50. The minimum atomic E-state index is -0.300. The van der Waals surface area contributed by atoms with Crippen LogP contribution in [0.15, 0.2) is 41.3 Å². The Kier molecular flexibility index (Phi) is 6.16. The van der Waals surface area contributed by atoms with Gasteiger partial charge in [0.05, 0.1) is 18.4 Å². The molecule has 7 heteroatoms. The Morgan fingerprint density at radius 2 is 2.07 bits per heavy atom. The predicted molar refractivity (Wildman–Crippen MR) is 107 cm³/mol. The van der Waals surface area contributed by atoms with Crippen molar-refractivity contribution in [2.45, 2.75) is 39.3 Å². The van der Waals surface area contributed by atoms with Gasteiger partial charge in [-0.1, -0.05) is 55.8 Å². The Bertz CT molecular complexity index is 851. The van der Waals surface area contributed by atoms with E-state index >= 15 is 0 Å². The molecule has 144 valence electrons. The largest absolute Gasteiger partial charge is 0.367 e. The summed E-state index contributed by atoms with van der Waals surface area (Å²) in [5.74, 6) is -0.00287. The van der Waals surface area contributed by atoms with Gasteiger partial charge in [0.1, 0.15) is 5.02 Å². The number of nitrogens with zero attached hydrogens (tertiary/aromatic N) is 3. The van der Waals surface area contributed by atoms with Crippen LogP contribution in [0.5, 0.6) is 0 Å². The highest BCUT2D eigenvalue weighted by Gasteiger charge is 2.25. The molecule has 1 aliphatic heterocycles. The van der Waals surface area contributed by atoms with Crippen molar-refractivity contribution < 1.29 is 4.79 Å². The first-order chi connectivity index (χ1) is 13.0. The van der Waals surface area contributed by atoms with Gasteiger partial charge in [0.15, 0.2) is 0 Å². The Balaban J connectivity index is 1.76. The number of amides is 1. The van der Waals surface area contributed by atoms with E-state index in [0.29, 0.717) is 18.8 Å². The Morgan fingerprint density at radius 1 is 1.33 bits per heavy atom. The van der Waals surface area contributed by atoms with Crippen molar-refractivity contribution >= 4 is 23.2 Å². The van der Waals surface area contributed by atoms with Gasteiger partial charge < -0.3 is 10.2 Å². The van der Waals surface area contributed by atoms with E-state index in [2.05, 4.69) is 10.4 Å². The van der Waals surface area contributed by atoms with Crippen molar-refractivity contribution in [1.29, 1.82) is 0 Å². The zero-order valence-corrected chi connectivity index (χ0v) is 16.4. The fourth-order valence-electron chi connectivity index (χ4n) is 3.23. The number of carbonyl (C=O) groups is 1. The van der Waals surface area contributed by atoms with Crippen LogP contribution in [0.4, 0.5) is 5.69 Å². The van der Waals surface area contributed by atoms with E-state index in [-0.39, 0.29) is 28.4 Å². The molecule has 0 saturated carbocycles. The first kappa shape index (κ1) is 19.4. The molecule has 1 atom stereocenters. The first-order valence-electron chi connectivity index (χ1n) is 9.30. The molecule has 1 fully saturated rings. The lowest BCUT2D eigenvalue weighted by Crippen LogP contribution is -2.49. The van der Waals surface area contributed by atoms with Gasteiger partial charge >= 0.3 is 0 Å². The fraction of sp³-hybridized carbons (Fsp3) is 0.450. The highest BCUT2D eigenvalue weighted by atomic mass is 35.5. The SMILES string of the molecule is CC(C)C(=O)NC1CCCN(c2cnn(Cc3ccccc3)c(=O)c2Cl)C1. The van der Waals surface area contributed by atoms with Crippen LogP contribution in [0.3, 0.4) is 0 Å². The van der Waals surface area contributed by atoms with Crippen LogP contribution in [0.1, 0.15) is 32.3 Å². The van der Waals surface area contributed by atoms with Crippen LogP contribution < -0.4 is 15.8 Å². The average Bonchev–Trinajstić information content (AvgIpc) is 2.66. The average molecular weight is 389 g/mol. The lowest BCUT2D eigenvalue weighted by molar-refractivity contribution is -0.124. The molecule has 1 amide bonds. The molecule has 1 aromatic carbocycles. The van der Waals surface area contributed by atoms with Gasteiger partial charge in [0.2, 0.25) is 5.91 Å². The molecule has 6 nitrogen and oxygen atoms in total. The maximum atomic E-state index is 12.7. The van der Waals surface area contributed by atoms with Crippen molar-refractivity contribution in [1.82, 2.24) is 15.1 Å². The number of nitrogens with one attached hydrogen (secondary N) is 1. The summed E-state index contributed by atoms with van der Waals surface area (Å²) in [6, 6.07) is 9.73. The highest BCUT2D eigenvalue weighted by Crippen LogP contribution is 2.25. The number of hydrogen-bond donors (Lipinski definition) is 1. The number of halogens is 1. The van der Waals surface area contributed by atoms with Gasteiger partial charge in [-0.2, -0.15) is 5.10 Å². The molecule has 2 heterocycles. The number of carbonyl (C=O) groups excluding carboxylic acids is 1. The van der Waals surface area contributed by atoms with Crippen molar-refractivity contribution in [3.05, 3.63) is 57.5 Å². The molecule has 0 radical (unpaired) electrons. The van der Waals surface area contributed by atoms with Crippen molar-refractivity contribution in [3.63, 3.8) is 0 Å². The van der Waals surface area contributed by atoms with E-state index in [1.807, 2.05) is 49.1 Å². The summed E-state index contributed by atoms with van der Waals surface area (Å²) in [5.41, 5.74) is 1.33. The second-order valence-electron chi connectivity index (χ2n) is 7.24. The second-order valence-corrected chi connectivity index (χ2v) is 7.62. The number of benzene rings is 1. The molecular weight excluding hydrogens is 364 g/mol. The third kappa shape index (κ3) is 4.69. The Morgan fingerprint density at radius 3 is 2.78 bits per heavy atom. The summed E-state index contributed by atoms with van der Waals surface area (Å²) >= 11 is 6.40. The smallest absolute Gasteiger partial charge is 0.287 e. The Labute approximate surface area is 164 Å². The third-order valence-electron chi connectivity index (χ3n) is 4.77. The molecule has 0 bridgehead atoms. The molecule has 0 aliphatic carbocycles. The van der Waals surface area contributed by atoms with Gasteiger partial charge in [0, 0.05) is 25.0 Å². The fourth-order valence-corrected chi connectivity index (χ4v) is 3.49. The normalized spacial score (nSPS) is 17.2. The Hall–Kier alpha value is -2.34. The van der Waals surface area contributed by atoms with E-state index in [0.717, 1.165) is 24.9 Å². The second kappa shape index (κ2) is 8.57. The van der Waals surface area contributed by atoms with Gasteiger partial charge in [0.25, 0.3) is 5.56 Å². The molecule has 3 rings (SSSR count). The topological polar surface area (TPSA) is 67.2 Å². The van der Waals surface area contributed by atoms with Crippen LogP contribution in [-0.2, 0) is 11.3 Å². The molecule has 2 aromatic rings. The van der Waals surface area contributed by atoms with Gasteiger partial charge in [-0.05, 0) is 18.4 Å². The van der Waals surface area contributed by atoms with Crippen LogP contribution in [0.2, 0.25) is 5.02 Å². The summed E-state index contributed by atoms with van der Waals surface area (Å²) in [5, 5.41) is 7.56. The summed E-state index contributed by atoms with van der Waals surface area (Å²) in [7, 11) is 0. The molecule has 27 heavy (non-hydrogen) atoms. The van der Waals surface area contributed by atoms with E-state index in [4.69, 9.17) is 11.6 Å². The third-order valence-corrected chi connectivity index (χ3v) is 5.13. The van der Waals surface area contributed by atoms with E-state index in [9.17, 15) is 9.59 Å². The summed E-state index contributed by atoms with van der Waals surface area (Å²) in [6.45, 7) is 5.55. The zero-order chi connectivity index (χ0) is 19.4. The number of rotatable bonds is 5. The molecule has 1 N–H and O–H groups in total. The van der Waals surface area contributed by atoms with Gasteiger partial charge in [-0.15, -0.1) is 0 Å². The van der Waals surface area contributed by atoms with E-state index < -0.39 is 0 Å². The lowest BCUT2D eigenvalue weighted by atomic mass is 10.0. The molecule has 1 aliphatic rings. The van der Waals surface area contributed by atoms with Crippen molar-refractivity contribution in [2.75, 3.05) is 18.0 Å². The number of anilines is 1. The van der Waals surface area contributed by atoms with Crippen LogP contribution in [-0.4, -0.2) is 34.8 Å². The lowest BCUT2D eigenvalue weighted by Gasteiger charge is -2.35. The van der Waals surface area contributed by atoms with Crippen LogP contribution in [0.25, 0.3) is 0 Å². The molecular formula is C20H25ClN4O2. The number of aromatic nitrogens is 2. The zero-order valence-electron chi connectivity index (χ0n) is 15.7. The van der Waals surface area contributed by atoms with Gasteiger partial charge in [-0.3, -0.25) is 9.59 Å². The van der Waals surface area contributed by atoms with E-state index in [1.54, 1.807) is 6.20 Å². The number of hydrogen-bond acceptors (Lipinski definition) is 4. The predicted octanol–water partition coefficient (Wildman–Crippen LogP) is 2.69. The minimum Gasteiger partial charge on any atom is -0.367 e. The standard InChI is InChI=1S/C20H25ClN4O2/c1-14(2)19(26)23-16-9-6-10-24(13-16)17-11-22-25(20(27)18(17)21)12-15-7-4-3-5-8-15/h3-5,7-8,11,14,16H,6,9-10,12-13H2,1-2H3,(H,23,26). The summed E-state index contributed by atoms with van der Waals surface area (Å²) in [4.78, 5) is 26.7. The van der Waals surface area contributed by atoms with E-state index in [1.165, 1.54) is 4.68 Å². The monoisotopic (exact) mass is 388 g/mol. The first-order valence-corrected chi connectivity index (χ1v) is 9.68. The molecule has 1 aromatic heterocycles. The van der Waals surface area contributed by atoms with Crippen molar-refractivity contribution in [2.24, 2.45) is 5.92 Å². The highest BCUT2D eigenvalue weighted by molar-refractivity contribution is 6.33. The molecule has 0 spiro atoms. The maximum Gasteiger partial charge on any atom is 0.287 e. The van der Waals surface area contributed by atoms with Gasteiger partial charge in [-0.25, -0.2) is 4.68 Å². The maximum absolute atomic E-state index is 12.7. The molecule has 1 saturated heterocycles. The van der Waals surface area contributed by atoms with Crippen molar-refractivity contribution in [3.8, 4) is 0 Å². The summed E-state index contributed by atoms with van der Waals surface area (Å²) < 4.78 is 1.38.